The van der Waals surface area contributed by atoms with Gasteiger partial charge < -0.3 is 5.32 Å². The van der Waals surface area contributed by atoms with Crippen LogP contribution in [0.2, 0.25) is 0 Å². The molecule has 1 fully saturated rings. The second-order valence-electron chi connectivity index (χ2n) is 7.21. The number of nitrogens with zero attached hydrogens (tertiary/aromatic N) is 1. The maximum absolute atomic E-state index is 12.7. The van der Waals surface area contributed by atoms with Gasteiger partial charge in [-0.25, -0.2) is 8.42 Å². The van der Waals surface area contributed by atoms with Crippen LogP contribution < -0.4 is 5.32 Å². The van der Waals surface area contributed by atoms with E-state index in [1.54, 1.807) is 12.1 Å². The Morgan fingerprint density at radius 2 is 1.64 bits per heavy atom. The molecule has 0 saturated carbocycles. The van der Waals surface area contributed by atoms with Gasteiger partial charge in [0.25, 0.3) is 5.91 Å². The number of hydrogen-bond acceptors (Lipinski definition) is 3. The lowest BCUT2D eigenvalue weighted by molar-refractivity contribution is 0.0934. The number of rotatable bonds is 7. The summed E-state index contributed by atoms with van der Waals surface area (Å²) in [4.78, 5) is 12.9. The minimum atomic E-state index is -3.48. The number of carbonyl (C=O) groups excluding carboxylic acids is 1. The predicted octanol–water partition coefficient (Wildman–Crippen LogP) is 4.13. The summed E-state index contributed by atoms with van der Waals surface area (Å²) in [5.41, 5.74) is 1.54. The summed E-state index contributed by atoms with van der Waals surface area (Å²) in [7, 11) is -3.48. The lowest BCUT2D eigenvalue weighted by atomic mass is 10.0. The summed E-state index contributed by atoms with van der Waals surface area (Å²) < 4.78 is 27.0. The Morgan fingerprint density at radius 3 is 2.25 bits per heavy atom. The molecule has 0 radical (unpaired) electrons. The van der Waals surface area contributed by atoms with Crippen molar-refractivity contribution in [3.8, 4) is 0 Å². The fourth-order valence-electron chi connectivity index (χ4n) is 3.57. The average molecular weight is 401 g/mol. The van der Waals surface area contributed by atoms with Crippen molar-refractivity contribution in [3.05, 3.63) is 65.7 Å². The predicted molar refractivity (Wildman–Crippen MR) is 111 cm³/mol. The molecule has 1 atom stereocenters. The number of carbonyl (C=O) groups is 1. The van der Waals surface area contributed by atoms with Crippen LogP contribution >= 0.6 is 0 Å². The molecule has 1 aliphatic heterocycles. The Balaban J connectivity index is 1.72. The summed E-state index contributed by atoms with van der Waals surface area (Å²) >= 11 is 0. The molecule has 6 heteroatoms. The van der Waals surface area contributed by atoms with Gasteiger partial charge in [0, 0.05) is 18.7 Å². The van der Waals surface area contributed by atoms with Gasteiger partial charge in [-0.1, -0.05) is 50.1 Å². The Bertz CT molecular complexity index is 874. The van der Waals surface area contributed by atoms with E-state index in [0.717, 1.165) is 37.7 Å². The standard InChI is InChI=1S/C22H28N2O3S/c1-2-9-21(18-10-5-3-6-11-18)23-22(25)19-12-14-20(15-13-19)28(26,27)24-16-7-4-8-17-24/h3,5-6,10-15,21H,2,4,7-9,16-17H2,1H3,(H,23,25)/t21-/m1/s1. The van der Waals surface area contributed by atoms with E-state index < -0.39 is 10.0 Å². The first-order chi connectivity index (χ1) is 13.5. The first kappa shape index (κ1) is 20.6. The van der Waals surface area contributed by atoms with Gasteiger partial charge in [-0.2, -0.15) is 4.31 Å². The molecule has 3 rings (SSSR count). The number of benzene rings is 2. The molecular formula is C22H28N2O3S. The van der Waals surface area contributed by atoms with Crippen LogP contribution in [-0.4, -0.2) is 31.7 Å². The summed E-state index contributed by atoms with van der Waals surface area (Å²) in [6.45, 7) is 3.23. The first-order valence-electron chi connectivity index (χ1n) is 9.98. The van der Waals surface area contributed by atoms with Gasteiger partial charge in [0.15, 0.2) is 0 Å². The third-order valence-electron chi connectivity index (χ3n) is 5.15. The van der Waals surface area contributed by atoms with Crippen LogP contribution in [0.1, 0.15) is 61.0 Å². The number of piperidine rings is 1. The summed E-state index contributed by atoms with van der Waals surface area (Å²) in [5.74, 6) is -0.191. The van der Waals surface area contributed by atoms with E-state index in [2.05, 4.69) is 12.2 Å². The zero-order chi connectivity index (χ0) is 20.0. The second-order valence-corrected chi connectivity index (χ2v) is 9.15. The summed E-state index contributed by atoms with van der Waals surface area (Å²) in [6.07, 6.45) is 4.67. The normalized spacial score (nSPS) is 16.5. The smallest absolute Gasteiger partial charge is 0.251 e. The molecule has 150 valence electrons. The minimum Gasteiger partial charge on any atom is -0.345 e. The van der Waals surface area contributed by atoms with E-state index in [9.17, 15) is 13.2 Å². The number of amides is 1. The number of sulfonamides is 1. The Labute approximate surface area is 167 Å². The van der Waals surface area contributed by atoms with E-state index in [-0.39, 0.29) is 16.8 Å². The Hall–Kier alpha value is -2.18. The molecule has 0 spiro atoms. The van der Waals surface area contributed by atoms with Crippen LogP contribution in [0.25, 0.3) is 0 Å². The topological polar surface area (TPSA) is 66.5 Å². The van der Waals surface area contributed by atoms with Crippen molar-refractivity contribution in [2.24, 2.45) is 0 Å². The highest BCUT2D eigenvalue weighted by molar-refractivity contribution is 7.89. The number of nitrogens with one attached hydrogen (secondary N) is 1. The SMILES string of the molecule is CCC[C@@H](NC(=O)c1ccc(S(=O)(=O)N2CCCCC2)cc1)c1ccccc1. The molecule has 1 N–H and O–H groups in total. The molecule has 1 heterocycles. The average Bonchev–Trinajstić information content (AvgIpc) is 2.74. The maximum Gasteiger partial charge on any atom is 0.251 e. The molecule has 28 heavy (non-hydrogen) atoms. The molecule has 1 amide bonds. The van der Waals surface area contributed by atoms with Gasteiger partial charge in [-0.05, 0) is 49.1 Å². The minimum absolute atomic E-state index is 0.0598. The van der Waals surface area contributed by atoms with Crippen LogP contribution in [0.4, 0.5) is 0 Å². The van der Waals surface area contributed by atoms with Crippen LogP contribution in [0.15, 0.2) is 59.5 Å². The van der Waals surface area contributed by atoms with Crippen molar-refractivity contribution in [1.82, 2.24) is 9.62 Å². The van der Waals surface area contributed by atoms with Crippen molar-refractivity contribution in [3.63, 3.8) is 0 Å². The zero-order valence-electron chi connectivity index (χ0n) is 16.3. The molecule has 0 unspecified atom stereocenters. The third kappa shape index (κ3) is 4.80. The fourth-order valence-corrected chi connectivity index (χ4v) is 5.09. The monoisotopic (exact) mass is 400 g/mol. The van der Waals surface area contributed by atoms with Gasteiger partial charge in [-0.3, -0.25) is 4.79 Å². The van der Waals surface area contributed by atoms with E-state index in [1.807, 2.05) is 30.3 Å². The van der Waals surface area contributed by atoms with Gasteiger partial charge in [0.2, 0.25) is 10.0 Å². The molecular weight excluding hydrogens is 372 g/mol. The second kappa shape index (κ2) is 9.34. The lowest BCUT2D eigenvalue weighted by Gasteiger charge is -2.25. The van der Waals surface area contributed by atoms with Gasteiger partial charge >= 0.3 is 0 Å². The largest absolute Gasteiger partial charge is 0.345 e. The molecule has 0 aromatic heterocycles. The molecule has 1 aliphatic rings. The van der Waals surface area contributed by atoms with Crippen molar-refractivity contribution in [2.45, 2.75) is 50.0 Å². The molecule has 0 bridgehead atoms. The highest BCUT2D eigenvalue weighted by Crippen LogP contribution is 2.22. The fraction of sp³-hybridized carbons (Fsp3) is 0.409. The quantitative estimate of drug-likeness (QED) is 0.760. The van der Waals surface area contributed by atoms with Gasteiger partial charge in [0.1, 0.15) is 0 Å². The lowest BCUT2D eigenvalue weighted by Crippen LogP contribution is -2.35. The Kier molecular flexibility index (Phi) is 6.86. The van der Waals surface area contributed by atoms with Crippen LogP contribution in [0, 0.1) is 0 Å². The third-order valence-corrected chi connectivity index (χ3v) is 7.07. The van der Waals surface area contributed by atoms with Crippen molar-refractivity contribution in [2.75, 3.05) is 13.1 Å². The first-order valence-corrected chi connectivity index (χ1v) is 11.4. The van der Waals surface area contributed by atoms with Crippen LogP contribution in [0.3, 0.4) is 0 Å². The highest BCUT2D eigenvalue weighted by Gasteiger charge is 2.26. The van der Waals surface area contributed by atoms with Gasteiger partial charge in [-0.15, -0.1) is 0 Å². The summed E-state index contributed by atoms with van der Waals surface area (Å²) in [6, 6.07) is 16.1. The van der Waals surface area contributed by atoms with Gasteiger partial charge in [0.05, 0.1) is 10.9 Å². The van der Waals surface area contributed by atoms with Crippen molar-refractivity contribution in [1.29, 1.82) is 0 Å². The van der Waals surface area contributed by atoms with E-state index in [1.165, 1.54) is 16.4 Å². The van der Waals surface area contributed by atoms with E-state index >= 15 is 0 Å². The molecule has 5 nitrogen and oxygen atoms in total. The molecule has 2 aromatic carbocycles. The maximum atomic E-state index is 12.7. The number of hydrogen-bond donors (Lipinski definition) is 1. The van der Waals surface area contributed by atoms with Crippen molar-refractivity contribution >= 4 is 15.9 Å². The molecule has 2 aromatic rings. The Morgan fingerprint density at radius 1 is 1.00 bits per heavy atom. The highest BCUT2D eigenvalue weighted by atomic mass is 32.2. The van der Waals surface area contributed by atoms with Crippen LogP contribution in [-0.2, 0) is 10.0 Å². The van der Waals surface area contributed by atoms with E-state index in [0.29, 0.717) is 18.7 Å². The molecule has 1 saturated heterocycles. The van der Waals surface area contributed by atoms with Crippen molar-refractivity contribution < 1.29 is 13.2 Å². The van der Waals surface area contributed by atoms with E-state index in [4.69, 9.17) is 0 Å². The summed E-state index contributed by atoms with van der Waals surface area (Å²) in [5, 5.41) is 3.07. The molecule has 0 aliphatic carbocycles. The van der Waals surface area contributed by atoms with Crippen LogP contribution in [0.5, 0.6) is 0 Å². The zero-order valence-corrected chi connectivity index (χ0v) is 17.1.